The lowest BCUT2D eigenvalue weighted by Gasteiger charge is -2.23. The standard InChI is InChI=1S/C14H19N3/c1-10-9-11(2)17(16-10)14(12(3)15)13-7-5-4-6-8-13/h4-9,12,14H,15H2,1-3H3. The number of nitrogens with zero attached hydrogens (tertiary/aromatic N) is 2. The van der Waals surface area contributed by atoms with E-state index in [1.165, 1.54) is 5.56 Å². The van der Waals surface area contributed by atoms with Crippen LogP contribution >= 0.6 is 0 Å². The van der Waals surface area contributed by atoms with Crippen molar-refractivity contribution in [1.29, 1.82) is 0 Å². The quantitative estimate of drug-likeness (QED) is 0.878. The molecule has 2 atom stereocenters. The van der Waals surface area contributed by atoms with Gasteiger partial charge in [0.1, 0.15) is 0 Å². The fourth-order valence-corrected chi connectivity index (χ4v) is 2.25. The second kappa shape index (κ2) is 4.72. The van der Waals surface area contributed by atoms with Crippen molar-refractivity contribution in [2.24, 2.45) is 5.73 Å². The highest BCUT2D eigenvalue weighted by molar-refractivity contribution is 5.23. The smallest absolute Gasteiger partial charge is 0.0919 e. The van der Waals surface area contributed by atoms with E-state index in [4.69, 9.17) is 5.73 Å². The van der Waals surface area contributed by atoms with Gasteiger partial charge in [-0.15, -0.1) is 0 Å². The Balaban J connectivity index is 2.47. The molecule has 1 aromatic heterocycles. The predicted molar refractivity (Wildman–Crippen MR) is 69.9 cm³/mol. The second-order valence-corrected chi connectivity index (χ2v) is 4.59. The van der Waals surface area contributed by atoms with Crippen LogP contribution in [0.4, 0.5) is 0 Å². The fraction of sp³-hybridized carbons (Fsp3) is 0.357. The lowest BCUT2D eigenvalue weighted by Crippen LogP contribution is -2.31. The average molecular weight is 229 g/mol. The van der Waals surface area contributed by atoms with Crippen molar-refractivity contribution in [2.75, 3.05) is 0 Å². The minimum absolute atomic E-state index is 0.0235. The van der Waals surface area contributed by atoms with Crippen molar-refractivity contribution in [1.82, 2.24) is 9.78 Å². The Hall–Kier alpha value is -1.61. The summed E-state index contributed by atoms with van der Waals surface area (Å²) in [6, 6.07) is 12.5. The van der Waals surface area contributed by atoms with Crippen LogP contribution in [0.25, 0.3) is 0 Å². The maximum absolute atomic E-state index is 6.12. The monoisotopic (exact) mass is 229 g/mol. The Labute approximate surface area is 102 Å². The van der Waals surface area contributed by atoms with E-state index in [0.717, 1.165) is 11.4 Å². The Kier molecular flexibility index (Phi) is 3.29. The molecule has 90 valence electrons. The topological polar surface area (TPSA) is 43.8 Å². The zero-order valence-corrected chi connectivity index (χ0v) is 10.6. The summed E-state index contributed by atoms with van der Waals surface area (Å²) in [5, 5.41) is 4.54. The van der Waals surface area contributed by atoms with Crippen LogP contribution in [0, 0.1) is 13.8 Å². The van der Waals surface area contributed by atoms with Crippen LogP contribution in [0.5, 0.6) is 0 Å². The molecule has 1 aromatic carbocycles. The van der Waals surface area contributed by atoms with Crippen molar-refractivity contribution in [3.8, 4) is 0 Å². The van der Waals surface area contributed by atoms with Gasteiger partial charge in [0.2, 0.25) is 0 Å². The van der Waals surface area contributed by atoms with Gasteiger partial charge in [0, 0.05) is 11.7 Å². The van der Waals surface area contributed by atoms with Gasteiger partial charge >= 0.3 is 0 Å². The maximum atomic E-state index is 6.12. The highest BCUT2D eigenvalue weighted by atomic mass is 15.3. The van der Waals surface area contributed by atoms with Crippen LogP contribution in [0.1, 0.15) is 29.9 Å². The molecule has 17 heavy (non-hydrogen) atoms. The van der Waals surface area contributed by atoms with Crippen molar-refractivity contribution < 1.29 is 0 Å². The third-order valence-electron chi connectivity index (χ3n) is 2.95. The van der Waals surface area contributed by atoms with Crippen LogP contribution in [-0.2, 0) is 0 Å². The highest BCUT2D eigenvalue weighted by Gasteiger charge is 2.20. The molecule has 3 heteroatoms. The molecule has 3 nitrogen and oxygen atoms in total. The molecule has 1 heterocycles. The lowest BCUT2D eigenvalue weighted by atomic mass is 10.0. The third-order valence-corrected chi connectivity index (χ3v) is 2.95. The van der Waals surface area contributed by atoms with E-state index >= 15 is 0 Å². The van der Waals surface area contributed by atoms with Crippen molar-refractivity contribution in [3.63, 3.8) is 0 Å². The van der Waals surface area contributed by atoms with Gasteiger partial charge in [0.05, 0.1) is 11.7 Å². The van der Waals surface area contributed by atoms with Crippen molar-refractivity contribution >= 4 is 0 Å². The molecular formula is C14H19N3. The highest BCUT2D eigenvalue weighted by Crippen LogP contribution is 2.22. The Bertz CT molecular complexity index is 485. The van der Waals surface area contributed by atoms with Gasteiger partial charge in [-0.2, -0.15) is 5.10 Å². The zero-order chi connectivity index (χ0) is 12.4. The predicted octanol–water partition coefficient (Wildman–Crippen LogP) is 2.44. The SMILES string of the molecule is Cc1cc(C)n(C(c2ccccc2)C(C)N)n1. The van der Waals surface area contributed by atoms with Crippen LogP contribution in [0.15, 0.2) is 36.4 Å². The van der Waals surface area contributed by atoms with Gasteiger partial charge in [-0.05, 0) is 32.4 Å². The van der Waals surface area contributed by atoms with E-state index in [0.29, 0.717) is 0 Å². The molecule has 0 bridgehead atoms. The van der Waals surface area contributed by atoms with Crippen molar-refractivity contribution in [2.45, 2.75) is 32.9 Å². The fourth-order valence-electron chi connectivity index (χ4n) is 2.25. The zero-order valence-electron chi connectivity index (χ0n) is 10.6. The van der Waals surface area contributed by atoms with E-state index in [9.17, 15) is 0 Å². The summed E-state index contributed by atoms with van der Waals surface area (Å²) < 4.78 is 2.02. The van der Waals surface area contributed by atoms with Crippen LogP contribution in [0.3, 0.4) is 0 Å². The first-order chi connectivity index (χ1) is 8.09. The lowest BCUT2D eigenvalue weighted by molar-refractivity contribution is 0.443. The van der Waals surface area contributed by atoms with Crippen LogP contribution in [-0.4, -0.2) is 15.8 Å². The molecule has 0 aliphatic rings. The van der Waals surface area contributed by atoms with Gasteiger partial charge in [-0.3, -0.25) is 4.68 Å². The molecule has 0 radical (unpaired) electrons. The molecule has 2 unspecified atom stereocenters. The Morgan fingerprint density at radius 3 is 2.29 bits per heavy atom. The third kappa shape index (κ3) is 2.39. The largest absolute Gasteiger partial charge is 0.326 e. The van der Waals surface area contributed by atoms with Gasteiger partial charge < -0.3 is 5.73 Å². The summed E-state index contributed by atoms with van der Waals surface area (Å²) in [5.74, 6) is 0. The molecule has 0 spiro atoms. The molecular weight excluding hydrogens is 210 g/mol. The van der Waals surface area contributed by atoms with Crippen LogP contribution in [0.2, 0.25) is 0 Å². The molecule has 2 N–H and O–H groups in total. The number of hydrogen-bond acceptors (Lipinski definition) is 2. The summed E-state index contributed by atoms with van der Waals surface area (Å²) in [6.07, 6.45) is 0. The second-order valence-electron chi connectivity index (χ2n) is 4.59. The molecule has 0 saturated heterocycles. The van der Waals surface area contributed by atoms with E-state index in [2.05, 4.69) is 30.2 Å². The van der Waals surface area contributed by atoms with Crippen LogP contribution < -0.4 is 5.73 Å². The summed E-state index contributed by atoms with van der Waals surface area (Å²) in [6.45, 7) is 6.10. The number of nitrogens with two attached hydrogens (primary N) is 1. The maximum Gasteiger partial charge on any atom is 0.0919 e. The number of benzene rings is 1. The van der Waals surface area contributed by atoms with E-state index in [1.54, 1.807) is 0 Å². The van der Waals surface area contributed by atoms with Crippen molar-refractivity contribution in [3.05, 3.63) is 53.3 Å². The molecule has 2 aromatic rings. The van der Waals surface area contributed by atoms with E-state index in [-0.39, 0.29) is 12.1 Å². The first-order valence-corrected chi connectivity index (χ1v) is 5.93. The van der Waals surface area contributed by atoms with Gasteiger partial charge in [0.25, 0.3) is 0 Å². The normalized spacial score (nSPS) is 14.6. The van der Waals surface area contributed by atoms with Gasteiger partial charge in [-0.1, -0.05) is 30.3 Å². The van der Waals surface area contributed by atoms with E-state index in [1.807, 2.05) is 36.7 Å². The number of rotatable bonds is 3. The first kappa shape index (κ1) is 11.9. The number of aryl methyl sites for hydroxylation is 2. The molecule has 0 aliphatic heterocycles. The summed E-state index contributed by atoms with van der Waals surface area (Å²) >= 11 is 0. The van der Waals surface area contributed by atoms with E-state index < -0.39 is 0 Å². The summed E-state index contributed by atoms with van der Waals surface area (Å²) in [5.41, 5.74) is 9.50. The molecule has 0 aliphatic carbocycles. The summed E-state index contributed by atoms with van der Waals surface area (Å²) in [7, 11) is 0. The van der Waals surface area contributed by atoms with Gasteiger partial charge in [-0.25, -0.2) is 0 Å². The molecule has 0 fully saturated rings. The Morgan fingerprint density at radius 2 is 1.82 bits per heavy atom. The number of hydrogen-bond donors (Lipinski definition) is 1. The molecule has 0 amide bonds. The minimum Gasteiger partial charge on any atom is -0.326 e. The Morgan fingerprint density at radius 1 is 1.18 bits per heavy atom. The molecule has 2 rings (SSSR count). The number of aromatic nitrogens is 2. The first-order valence-electron chi connectivity index (χ1n) is 5.93. The average Bonchev–Trinajstić information content (AvgIpc) is 2.59. The summed E-state index contributed by atoms with van der Waals surface area (Å²) in [4.78, 5) is 0. The molecule has 0 saturated carbocycles. The van der Waals surface area contributed by atoms with Gasteiger partial charge in [0.15, 0.2) is 0 Å². The minimum atomic E-state index is 0.0235.